The molecule has 0 saturated carbocycles. The van der Waals surface area contributed by atoms with Crippen LogP contribution in [-0.2, 0) is 38.0 Å². The van der Waals surface area contributed by atoms with Gasteiger partial charge in [0.25, 0.3) is 0 Å². The number of ether oxygens (including phenoxy) is 7. The molecule has 0 aromatic rings. The summed E-state index contributed by atoms with van der Waals surface area (Å²) in [5, 5.41) is 29.9. The summed E-state index contributed by atoms with van der Waals surface area (Å²) in [5.74, 6) is -0.949. The number of carbonyl (C=O) groups excluding carboxylic acids is 1. The van der Waals surface area contributed by atoms with Gasteiger partial charge in [0.05, 0.1) is 51.3 Å². The van der Waals surface area contributed by atoms with Gasteiger partial charge in [-0.05, 0) is 6.42 Å². The number of aliphatic hydroxyl groups excluding tert-OH is 3. The van der Waals surface area contributed by atoms with Crippen LogP contribution in [0.4, 0.5) is 0 Å². The highest BCUT2D eigenvalue weighted by Gasteiger charge is 2.45. The normalized spacial score (nSPS) is 35.4. The highest BCUT2D eigenvalue weighted by atomic mass is 16.7. The first-order chi connectivity index (χ1) is 15.4. The summed E-state index contributed by atoms with van der Waals surface area (Å²) in [4.78, 5) is 11.1. The second-order valence-electron chi connectivity index (χ2n) is 7.72. The van der Waals surface area contributed by atoms with E-state index in [0.29, 0.717) is 12.8 Å². The summed E-state index contributed by atoms with van der Waals surface area (Å²) >= 11 is 0. The summed E-state index contributed by atoms with van der Waals surface area (Å²) in [6.07, 6.45) is -3.14. The van der Waals surface area contributed by atoms with Crippen molar-refractivity contribution in [2.24, 2.45) is 5.92 Å². The molecule has 2 heterocycles. The fourth-order valence-corrected chi connectivity index (χ4v) is 3.58. The molecule has 0 spiro atoms. The van der Waals surface area contributed by atoms with Crippen LogP contribution < -0.4 is 0 Å². The predicted molar refractivity (Wildman–Crippen MR) is 109 cm³/mol. The molecule has 2 aliphatic rings. The van der Waals surface area contributed by atoms with Crippen LogP contribution in [0.25, 0.3) is 0 Å². The third-order valence-electron chi connectivity index (χ3n) is 5.50. The summed E-state index contributed by atoms with van der Waals surface area (Å²) in [6.45, 7) is 5.60. The SMILES string of the molecule is C=CC(=O)OCCOCC1OC(OC2CCC(OC)OC2COCCO)C(O)C(O)C1C. The Morgan fingerprint density at radius 2 is 1.78 bits per heavy atom. The molecule has 11 heteroatoms. The lowest BCUT2D eigenvalue weighted by molar-refractivity contribution is -0.325. The minimum atomic E-state index is -1.26. The van der Waals surface area contributed by atoms with Crippen molar-refractivity contribution in [3.05, 3.63) is 12.7 Å². The van der Waals surface area contributed by atoms with Crippen molar-refractivity contribution in [1.29, 1.82) is 0 Å². The second-order valence-corrected chi connectivity index (χ2v) is 7.72. The fourth-order valence-electron chi connectivity index (χ4n) is 3.58. The third kappa shape index (κ3) is 8.01. The third-order valence-corrected chi connectivity index (χ3v) is 5.50. The van der Waals surface area contributed by atoms with E-state index in [2.05, 4.69) is 6.58 Å². The zero-order chi connectivity index (χ0) is 23.5. The Morgan fingerprint density at radius 1 is 1.06 bits per heavy atom. The maximum atomic E-state index is 11.1. The average molecular weight is 465 g/mol. The molecule has 0 aromatic heterocycles. The Balaban J connectivity index is 1.91. The molecule has 2 rings (SSSR count). The van der Waals surface area contributed by atoms with Gasteiger partial charge in [0.1, 0.15) is 18.8 Å². The average Bonchev–Trinajstić information content (AvgIpc) is 2.80. The van der Waals surface area contributed by atoms with E-state index < -0.39 is 55.0 Å². The first-order valence-corrected chi connectivity index (χ1v) is 10.8. The number of carbonyl (C=O) groups is 1. The van der Waals surface area contributed by atoms with Gasteiger partial charge in [-0.25, -0.2) is 4.79 Å². The van der Waals surface area contributed by atoms with Crippen LogP contribution in [0.3, 0.4) is 0 Å². The maximum absolute atomic E-state index is 11.1. The first kappa shape index (κ1) is 27.1. The first-order valence-electron chi connectivity index (χ1n) is 10.8. The zero-order valence-electron chi connectivity index (χ0n) is 18.7. The Morgan fingerprint density at radius 3 is 2.47 bits per heavy atom. The van der Waals surface area contributed by atoms with Crippen LogP contribution in [0.5, 0.6) is 0 Å². The summed E-state index contributed by atoms with van der Waals surface area (Å²) in [7, 11) is 1.55. The number of esters is 1. The molecule has 8 atom stereocenters. The zero-order valence-corrected chi connectivity index (χ0v) is 18.7. The van der Waals surface area contributed by atoms with E-state index in [-0.39, 0.29) is 39.6 Å². The highest BCUT2D eigenvalue weighted by Crippen LogP contribution is 2.31. The second kappa shape index (κ2) is 14.2. The van der Waals surface area contributed by atoms with Crippen molar-refractivity contribution in [1.82, 2.24) is 0 Å². The van der Waals surface area contributed by atoms with Gasteiger partial charge in [-0.3, -0.25) is 0 Å². The molecule has 0 radical (unpaired) electrons. The Labute approximate surface area is 188 Å². The Kier molecular flexibility index (Phi) is 12.0. The molecule has 0 amide bonds. The number of methoxy groups -OCH3 is 1. The minimum absolute atomic E-state index is 0.0622. The van der Waals surface area contributed by atoms with E-state index >= 15 is 0 Å². The molecular formula is C21H36O11. The summed E-state index contributed by atoms with van der Waals surface area (Å²) in [5.41, 5.74) is 0. The van der Waals surface area contributed by atoms with Crippen LogP contribution in [-0.4, -0.2) is 111 Å². The van der Waals surface area contributed by atoms with Gasteiger partial charge in [-0.1, -0.05) is 13.5 Å². The number of hydrogen-bond acceptors (Lipinski definition) is 11. The molecule has 2 aliphatic heterocycles. The van der Waals surface area contributed by atoms with E-state index in [1.807, 2.05) is 0 Å². The van der Waals surface area contributed by atoms with Crippen molar-refractivity contribution >= 4 is 5.97 Å². The largest absolute Gasteiger partial charge is 0.460 e. The Bertz CT molecular complexity index is 560. The number of aliphatic hydroxyl groups is 3. The monoisotopic (exact) mass is 464 g/mol. The van der Waals surface area contributed by atoms with E-state index in [1.54, 1.807) is 14.0 Å². The lowest BCUT2D eigenvalue weighted by Gasteiger charge is -2.44. The Hall–Kier alpha value is -1.15. The maximum Gasteiger partial charge on any atom is 0.330 e. The fraction of sp³-hybridized carbons (Fsp3) is 0.857. The van der Waals surface area contributed by atoms with Crippen molar-refractivity contribution in [2.45, 2.75) is 62.9 Å². The molecule has 3 N–H and O–H groups in total. The smallest absolute Gasteiger partial charge is 0.330 e. The van der Waals surface area contributed by atoms with Gasteiger partial charge >= 0.3 is 5.97 Å². The molecule has 0 aromatic carbocycles. The van der Waals surface area contributed by atoms with Gasteiger partial charge in [-0.2, -0.15) is 0 Å². The van der Waals surface area contributed by atoms with Gasteiger partial charge < -0.3 is 48.5 Å². The molecule has 32 heavy (non-hydrogen) atoms. The van der Waals surface area contributed by atoms with Crippen molar-refractivity contribution in [2.75, 3.05) is 46.8 Å². The van der Waals surface area contributed by atoms with Crippen LogP contribution in [0.15, 0.2) is 12.7 Å². The number of hydrogen-bond donors (Lipinski definition) is 3. The highest BCUT2D eigenvalue weighted by molar-refractivity contribution is 5.81. The van der Waals surface area contributed by atoms with E-state index in [1.165, 1.54) is 0 Å². The van der Waals surface area contributed by atoms with Crippen molar-refractivity contribution in [3.8, 4) is 0 Å². The van der Waals surface area contributed by atoms with Crippen LogP contribution >= 0.6 is 0 Å². The van der Waals surface area contributed by atoms with Crippen LogP contribution in [0.2, 0.25) is 0 Å². The predicted octanol–water partition coefficient (Wildman–Crippen LogP) is -0.639. The van der Waals surface area contributed by atoms with Gasteiger partial charge in [-0.15, -0.1) is 0 Å². The molecule has 0 bridgehead atoms. The van der Waals surface area contributed by atoms with E-state index in [4.69, 9.17) is 38.3 Å². The van der Waals surface area contributed by atoms with Crippen LogP contribution in [0.1, 0.15) is 19.8 Å². The van der Waals surface area contributed by atoms with Gasteiger partial charge in [0, 0.05) is 25.5 Å². The van der Waals surface area contributed by atoms with Crippen molar-refractivity contribution in [3.63, 3.8) is 0 Å². The molecule has 11 nitrogen and oxygen atoms in total. The lowest BCUT2D eigenvalue weighted by atomic mass is 9.91. The standard InChI is InChI=1S/C21H36O11/c1-4-17(23)29-10-9-28-11-15-13(2)19(24)20(25)21(32-15)31-14-5-6-18(26-3)30-16(14)12-27-8-7-22/h4,13-16,18-22,24-25H,1,5-12H2,2-3H3. The summed E-state index contributed by atoms with van der Waals surface area (Å²) < 4.78 is 38.8. The van der Waals surface area contributed by atoms with E-state index in [0.717, 1.165) is 6.08 Å². The molecule has 0 aliphatic carbocycles. The molecule has 2 saturated heterocycles. The molecule has 2 fully saturated rings. The topological polar surface area (TPSA) is 142 Å². The van der Waals surface area contributed by atoms with Gasteiger partial charge in [0.15, 0.2) is 12.6 Å². The van der Waals surface area contributed by atoms with Crippen molar-refractivity contribution < 1.29 is 53.3 Å². The van der Waals surface area contributed by atoms with E-state index in [9.17, 15) is 15.0 Å². The summed E-state index contributed by atoms with van der Waals surface area (Å²) in [6, 6.07) is 0. The minimum Gasteiger partial charge on any atom is -0.460 e. The molecular weight excluding hydrogens is 428 g/mol. The quantitative estimate of drug-likeness (QED) is 0.182. The molecule has 8 unspecified atom stereocenters. The van der Waals surface area contributed by atoms with Gasteiger partial charge in [0.2, 0.25) is 0 Å². The molecule has 186 valence electrons. The van der Waals surface area contributed by atoms with Crippen LogP contribution in [0, 0.1) is 5.92 Å². The number of rotatable bonds is 13. The lowest BCUT2D eigenvalue weighted by Crippen LogP contribution is -2.57.